The van der Waals surface area contributed by atoms with Crippen LogP contribution in [-0.4, -0.2) is 25.9 Å². The summed E-state index contributed by atoms with van der Waals surface area (Å²) < 4.78 is 14.7. The van der Waals surface area contributed by atoms with E-state index in [2.05, 4.69) is 15.3 Å². The normalized spacial score (nSPS) is 12.2. The lowest BCUT2D eigenvalue weighted by Gasteiger charge is -2.08. The Hall–Kier alpha value is -2.96. The lowest BCUT2D eigenvalue weighted by atomic mass is 9.98. The summed E-state index contributed by atoms with van der Waals surface area (Å²) in [5, 5.41) is 10.7. The molecule has 1 atom stereocenters. The molecule has 0 saturated heterocycles. The highest BCUT2D eigenvalue weighted by atomic mass is 19.1. The number of carbonyl (C=O) groups excluding carboxylic acids is 1. The monoisotopic (exact) mass is 285 g/mol. The summed E-state index contributed by atoms with van der Waals surface area (Å²) in [5.74, 6) is -1.54. The second-order valence-electron chi connectivity index (χ2n) is 4.55. The van der Waals surface area contributed by atoms with Gasteiger partial charge in [-0.25, -0.2) is 9.07 Å². The van der Waals surface area contributed by atoms with Gasteiger partial charge in [0.1, 0.15) is 11.7 Å². The SMILES string of the molecule is NC(=O)C(c1cnn(-c2cccc(F)c2)c1)c1ccn[nH]1. The van der Waals surface area contributed by atoms with Gasteiger partial charge in [-0.1, -0.05) is 6.07 Å². The maximum atomic E-state index is 13.2. The topological polar surface area (TPSA) is 89.6 Å². The van der Waals surface area contributed by atoms with E-state index in [0.717, 1.165) is 0 Å². The van der Waals surface area contributed by atoms with Gasteiger partial charge in [-0.3, -0.25) is 9.89 Å². The Morgan fingerprint density at radius 2 is 2.24 bits per heavy atom. The van der Waals surface area contributed by atoms with E-state index in [1.165, 1.54) is 23.0 Å². The van der Waals surface area contributed by atoms with Crippen molar-refractivity contribution in [3.05, 3.63) is 66.0 Å². The number of aromatic nitrogens is 4. The van der Waals surface area contributed by atoms with E-state index in [0.29, 0.717) is 16.9 Å². The van der Waals surface area contributed by atoms with E-state index in [1.807, 2.05) is 0 Å². The highest BCUT2D eigenvalue weighted by Gasteiger charge is 2.23. The Labute approximate surface area is 119 Å². The van der Waals surface area contributed by atoms with Gasteiger partial charge in [0.05, 0.1) is 17.6 Å². The van der Waals surface area contributed by atoms with Gasteiger partial charge in [-0.05, 0) is 24.3 Å². The number of H-pyrrole nitrogens is 1. The zero-order valence-corrected chi connectivity index (χ0v) is 10.9. The van der Waals surface area contributed by atoms with Crippen molar-refractivity contribution in [3.8, 4) is 5.69 Å². The number of nitrogens with zero attached hydrogens (tertiary/aromatic N) is 3. The molecule has 3 aromatic rings. The predicted octanol–water partition coefficient (Wildman–Crippen LogP) is 1.35. The molecular formula is C14H12FN5O. The zero-order chi connectivity index (χ0) is 14.8. The molecule has 0 aliphatic rings. The van der Waals surface area contributed by atoms with E-state index < -0.39 is 11.8 Å². The molecule has 106 valence electrons. The summed E-state index contributed by atoms with van der Waals surface area (Å²) in [6, 6.07) is 7.69. The lowest BCUT2D eigenvalue weighted by molar-refractivity contribution is -0.118. The molecule has 2 heterocycles. The maximum Gasteiger partial charge on any atom is 0.231 e. The minimum atomic E-state index is -0.671. The number of nitrogens with two attached hydrogens (primary N) is 1. The number of amides is 1. The van der Waals surface area contributed by atoms with E-state index in [1.54, 1.807) is 30.6 Å². The van der Waals surface area contributed by atoms with Crippen LogP contribution >= 0.6 is 0 Å². The first-order valence-electron chi connectivity index (χ1n) is 6.24. The Bertz CT molecular complexity index is 765. The van der Waals surface area contributed by atoms with Crippen LogP contribution in [-0.2, 0) is 4.79 Å². The average Bonchev–Trinajstić information content (AvgIpc) is 3.10. The number of hydrogen-bond donors (Lipinski definition) is 2. The van der Waals surface area contributed by atoms with E-state index in [4.69, 9.17) is 5.73 Å². The third-order valence-electron chi connectivity index (χ3n) is 3.13. The number of carbonyl (C=O) groups is 1. The fourth-order valence-electron chi connectivity index (χ4n) is 2.17. The number of halogens is 1. The smallest absolute Gasteiger partial charge is 0.231 e. The number of hydrogen-bond acceptors (Lipinski definition) is 3. The van der Waals surface area contributed by atoms with Gasteiger partial charge in [-0.2, -0.15) is 10.2 Å². The van der Waals surface area contributed by atoms with Crippen molar-refractivity contribution < 1.29 is 9.18 Å². The third kappa shape index (κ3) is 2.53. The molecule has 7 heteroatoms. The van der Waals surface area contributed by atoms with Crippen LogP contribution in [0, 0.1) is 5.82 Å². The Kier molecular flexibility index (Phi) is 3.23. The number of nitrogens with one attached hydrogen (secondary N) is 1. The zero-order valence-electron chi connectivity index (χ0n) is 10.9. The number of rotatable bonds is 4. The van der Waals surface area contributed by atoms with Gasteiger partial charge in [-0.15, -0.1) is 0 Å². The van der Waals surface area contributed by atoms with Crippen LogP contribution < -0.4 is 5.73 Å². The molecule has 0 bridgehead atoms. The average molecular weight is 285 g/mol. The molecule has 2 aromatic heterocycles. The summed E-state index contributed by atoms with van der Waals surface area (Å²) in [5.41, 5.74) is 7.20. The quantitative estimate of drug-likeness (QED) is 0.758. The minimum Gasteiger partial charge on any atom is -0.369 e. The molecule has 3 rings (SSSR count). The Morgan fingerprint density at radius 3 is 2.90 bits per heavy atom. The molecule has 0 radical (unpaired) electrons. The molecule has 6 nitrogen and oxygen atoms in total. The van der Waals surface area contributed by atoms with E-state index in [-0.39, 0.29) is 5.82 Å². The third-order valence-corrected chi connectivity index (χ3v) is 3.13. The second-order valence-corrected chi connectivity index (χ2v) is 4.55. The first-order chi connectivity index (χ1) is 10.1. The van der Waals surface area contributed by atoms with Crippen molar-refractivity contribution in [1.29, 1.82) is 0 Å². The lowest BCUT2D eigenvalue weighted by Crippen LogP contribution is -2.22. The molecule has 0 aliphatic heterocycles. The molecule has 0 spiro atoms. The molecule has 1 unspecified atom stereocenters. The first kappa shape index (κ1) is 13.0. The molecule has 1 amide bonds. The highest BCUT2D eigenvalue weighted by Crippen LogP contribution is 2.23. The molecule has 21 heavy (non-hydrogen) atoms. The van der Waals surface area contributed by atoms with Crippen molar-refractivity contribution in [2.24, 2.45) is 5.73 Å². The summed E-state index contributed by atoms with van der Waals surface area (Å²) in [6.45, 7) is 0. The molecule has 0 fully saturated rings. The second kappa shape index (κ2) is 5.20. The molecular weight excluding hydrogens is 273 g/mol. The molecule has 0 aliphatic carbocycles. The van der Waals surface area contributed by atoms with Crippen LogP contribution in [0.25, 0.3) is 5.69 Å². The summed E-state index contributed by atoms with van der Waals surface area (Å²) in [7, 11) is 0. The van der Waals surface area contributed by atoms with E-state index >= 15 is 0 Å². The van der Waals surface area contributed by atoms with Gasteiger partial charge in [0, 0.05) is 18.0 Å². The first-order valence-corrected chi connectivity index (χ1v) is 6.24. The summed E-state index contributed by atoms with van der Waals surface area (Å²) in [4.78, 5) is 11.7. The van der Waals surface area contributed by atoms with Gasteiger partial charge in [0.2, 0.25) is 5.91 Å². The van der Waals surface area contributed by atoms with Crippen molar-refractivity contribution in [2.75, 3.05) is 0 Å². The number of benzene rings is 1. The predicted molar refractivity (Wildman–Crippen MR) is 73.1 cm³/mol. The largest absolute Gasteiger partial charge is 0.369 e. The van der Waals surface area contributed by atoms with Crippen molar-refractivity contribution in [3.63, 3.8) is 0 Å². The standard InChI is InChI=1S/C14H12FN5O/c15-10-2-1-3-11(6-10)20-8-9(7-18-20)13(14(16)21)12-4-5-17-19-12/h1-8,13H,(H2,16,21)(H,17,19). The van der Waals surface area contributed by atoms with Crippen LogP contribution in [0.5, 0.6) is 0 Å². The van der Waals surface area contributed by atoms with E-state index in [9.17, 15) is 9.18 Å². The van der Waals surface area contributed by atoms with Crippen molar-refractivity contribution in [2.45, 2.75) is 5.92 Å². The molecule has 0 saturated carbocycles. The minimum absolute atomic E-state index is 0.357. The van der Waals surface area contributed by atoms with Crippen LogP contribution in [0.1, 0.15) is 17.2 Å². The van der Waals surface area contributed by atoms with Gasteiger partial charge in [0.25, 0.3) is 0 Å². The molecule has 3 N–H and O–H groups in total. The van der Waals surface area contributed by atoms with Gasteiger partial charge >= 0.3 is 0 Å². The number of aromatic amines is 1. The van der Waals surface area contributed by atoms with Crippen LogP contribution in [0.15, 0.2) is 48.9 Å². The van der Waals surface area contributed by atoms with Crippen LogP contribution in [0.3, 0.4) is 0 Å². The summed E-state index contributed by atoms with van der Waals surface area (Å²) >= 11 is 0. The van der Waals surface area contributed by atoms with Crippen LogP contribution in [0.4, 0.5) is 4.39 Å². The van der Waals surface area contributed by atoms with Gasteiger partial charge < -0.3 is 5.73 Å². The van der Waals surface area contributed by atoms with Gasteiger partial charge in [0.15, 0.2) is 0 Å². The molecule has 1 aromatic carbocycles. The van der Waals surface area contributed by atoms with Crippen molar-refractivity contribution in [1.82, 2.24) is 20.0 Å². The fraction of sp³-hybridized carbons (Fsp3) is 0.0714. The Morgan fingerprint density at radius 1 is 1.38 bits per heavy atom. The van der Waals surface area contributed by atoms with Crippen LogP contribution in [0.2, 0.25) is 0 Å². The summed E-state index contributed by atoms with van der Waals surface area (Å²) in [6.07, 6.45) is 4.72. The fourth-order valence-corrected chi connectivity index (χ4v) is 2.17. The Balaban J connectivity index is 1.99. The van der Waals surface area contributed by atoms with Crippen molar-refractivity contribution >= 4 is 5.91 Å². The number of primary amides is 1. The maximum absolute atomic E-state index is 13.2. The highest BCUT2D eigenvalue weighted by molar-refractivity contribution is 5.84.